The largest absolute Gasteiger partial charge is 0.448 e. The Kier molecular flexibility index (Phi) is 4.27. The van der Waals surface area contributed by atoms with Crippen molar-refractivity contribution in [2.45, 2.75) is 13.3 Å². The van der Waals surface area contributed by atoms with E-state index < -0.39 is 0 Å². The third-order valence-corrected chi connectivity index (χ3v) is 3.16. The van der Waals surface area contributed by atoms with Gasteiger partial charge in [0, 0.05) is 23.7 Å². The molecule has 0 atom stereocenters. The smallest absolute Gasteiger partial charge is 0.409 e. The Morgan fingerprint density at radius 1 is 1.53 bits per heavy atom. The summed E-state index contributed by atoms with van der Waals surface area (Å²) in [6.07, 6.45) is -0.118. The summed E-state index contributed by atoms with van der Waals surface area (Å²) in [6, 6.07) is 5.32. The number of cyclic esters (lactones) is 1. The minimum atomic E-state index is -0.355. The number of benzene rings is 1. The van der Waals surface area contributed by atoms with E-state index in [0.717, 1.165) is 5.56 Å². The maximum atomic E-state index is 11.8. The van der Waals surface area contributed by atoms with Gasteiger partial charge in [-0.25, -0.2) is 4.79 Å². The minimum absolute atomic E-state index is 0.148. The lowest BCUT2D eigenvalue weighted by Crippen LogP contribution is -2.28. The van der Waals surface area contributed by atoms with Gasteiger partial charge >= 0.3 is 6.09 Å². The van der Waals surface area contributed by atoms with Gasteiger partial charge in [0.25, 0.3) is 0 Å². The molecule has 1 aromatic rings. The number of carbonyl (C=O) groups excluding carboxylic acids is 2. The highest BCUT2D eigenvalue weighted by Crippen LogP contribution is 2.20. The molecule has 1 aliphatic heterocycles. The summed E-state index contributed by atoms with van der Waals surface area (Å²) < 4.78 is 4.79. The van der Waals surface area contributed by atoms with Crippen LogP contribution in [0.2, 0.25) is 5.02 Å². The number of hydrogen-bond acceptors (Lipinski definition) is 3. The van der Waals surface area contributed by atoms with Crippen LogP contribution in [0.3, 0.4) is 0 Å². The lowest BCUT2D eigenvalue weighted by atomic mass is 10.2. The maximum Gasteiger partial charge on any atom is 0.409 e. The number of hydrogen-bond donors (Lipinski definition) is 1. The van der Waals surface area contributed by atoms with Gasteiger partial charge in [-0.05, 0) is 24.6 Å². The Hall–Kier alpha value is -1.75. The summed E-state index contributed by atoms with van der Waals surface area (Å²) in [5, 5.41) is 3.36. The molecule has 1 aliphatic rings. The molecule has 0 spiro atoms. The van der Waals surface area contributed by atoms with E-state index in [0.29, 0.717) is 30.4 Å². The summed E-state index contributed by atoms with van der Waals surface area (Å²) in [4.78, 5) is 24.5. The van der Waals surface area contributed by atoms with E-state index >= 15 is 0 Å². The van der Waals surface area contributed by atoms with Crippen LogP contribution in [0.4, 0.5) is 10.5 Å². The average Bonchev–Trinajstić information content (AvgIpc) is 2.77. The Balaban J connectivity index is 1.87. The van der Waals surface area contributed by atoms with Gasteiger partial charge in [-0.1, -0.05) is 17.7 Å². The number of ether oxygens (including phenoxy) is 1. The molecule has 1 fully saturated rings. The van der Waals surface area contributed by atoms with Gasteiger partial charge in [-0.15, -0.1) is 0 Å². The molecule has 1 heterocycles. The highest BCUT2D eigenvalue weighted by Gasteiger charge is 2.22. The number of amides is 2. The first-order chi connectivity index (χ1) is 9.06. The lowest BCUT2D eigenvalue weighted by molar-refractivity contribution is -0.116. The molecular weight excluding hydrogens is 268 g/mol. The zero-order valence-corrected chi connectivity index (χ0v) is 11.4. The van der Waals surface area contributed by atoms with Gasteiger partial charge in [0.1, 0.15) is 6.61 Å². The normalized spacial score (nSPS) is 14.4. The van der Waals surface area contributed by atoms with Crippen molar-refractivity contribution in [1.29, 1.82) is 0 Å². The van der Waals surface area contributed by atoms with E-state index in [1.54, 1.807) is 12.1 Å². The molecule has 6 heteroatoms. The quantitative estimate of drug-likeness (QED) is 0.923. The Bertz CT molecular complexity index is 505. The molecule has 102 valence electrons. The van der Waals surface area contributed by atoms with E-state index in [2.05, 4.69) is 5.32 Å². The summed E-state index contributed by atoms with van der Waals surface area (Å²) >= 11 is 5.88. The van der Waals surface area contributed by atoms with Crippen LogP contribution in [0.5, 0.6) is 0 Å². The molecule has 0 radical (unpaired) electrons. The molecule has 0 bridgehead atoms. The van der Waals surface area contributed by atoms with Crippen molar-refractivity contribution in [2.24, 2.45) is 0 Å². The number of nitrogens with zero attached hydrogens (tertiary/aromatic N) is 1. The molecule has 1 saturated heterocycles. The predicted octanol–water partition coefficient (Wildman–Crippen LogP) is 2.43. The Morgan fingerprint density at radius 3 is 3.00 bits per heavy atom. The third kappa shape index (κ3) is 3.61. The second kappa shape index (κ2) is 5.93. The van der Waals surface area contributed by atoms with Crippen molar-refractivity contribution in [3.8, 4) is 0 Å². The van der Waals surface area contributed by atoms with E-state index in [1.165, 1.54) is 4.90 Å². The topological polar surface area (TPSA) is 58.6 Å². The molecular formula is C13H15ClN2O3. The van der Waals surface area contributed by atoms with Crippen molar-refractivity contribution >= 4 is 29.3 Å². The van der Waals surface area contributed by atoms with Crippen molar-refractivity contribution < 1.29 is 14.3 Å². The van der Waals surface area contributed by atoms with Gasteiger partial charge in [0.2, 0.25) is 5.91 Å². The molecule has 0 aliphatic carbocycles. The van der Waals surface area contributed by atoms with Crippen molar-refractivity contribution in [2.75, 3.05) is 25.0 Å². The SMILES string of the molecule is Cc1ccc(Cl)cc1NC(=O)CCN1CCOC1=O. The maximum absolute atomic E-state index is 11.8. The molecule has 2 amide bonds. The van der Waals surface area contributed by atoms with Crippen LogP contribution in [-0.4, -0.2) is 36.6 Å². The van der Waals surface area contributed by atoms with Crippen LogP contribution >= 0.6 is 11.6 Å². The summed E-state index contributed by atoms with van der Waals surface area (Å²) in [6.45, 7) is 3.20. The van der Waals surface area contributed by atoms with Gasteiger partial charge < -0.3 is 15.0 Å². The van der Waals surface area contributed by atoms with Crippen molar-refractivity contribution in [3.63, 3.8) is 0 Å². The highest BCUT2D eigenvalue weighted by atomic mass is 35.5. The number of carbonyl (C=O) groups is 2. The Morgan fingerprint density at radius 2 is 2.32 bits per heavy atom. The fourth-order valence-corrected chi connectivity index (χ4v) is 1.98. The molecule has 1 N–H and O–H groups in total. The van der Waals surface area contributed by atoms with Crippen molar-refractivity contribution in [1.82, 2.24) is 4.90 Å². The number of nitrogens with one attached hydrogen (secondary N) is 1. The van der Waals surface area contributed by atoms with E-state index in [9.17, 15) is 9.59 Å². The fourth-order valence-electron chi connectivity index (χ4n) is 1.81. The van der Waals surface area contributed by atoms with E-state index in [-0.39, 0.29) is 18.4 Å². The second-order valence-electron chi connectivity index (χ2n) is 4.36. The molecule has 2 rings (SSSR count). The first-order valence-corrected chi connectivity index (χ1v) is 6.42. The van der Waals surface area contributed by atoms with Crippen LogP contribution in [0.25, 0.3) is 0 Å². The van der Waals surface area contributed by atoms with Crippen LogP contribution in [0.15, 0.2) is 18.2 Å². The second-order valence-corrected chi connectivity index (χ2v) is 4.80. The molecule has 19 heavy (non-hydrogen) atoms. The van der Waals surface area contributed by atoms with Crippen LogP contribution in [0, 0.1) is 6.92 Å². The standard InChI is InChI=1S/C13H15ClN2O3/c1-9-2-3-10(14)8-11(9)15-12(17)4-5-16-6-7-19-13(16)18/h2-3,8H,4-7H2,1H3,(H,15,17). The fraction of sp³-hybridized carbons (Fsp3) is 0.385. The van der Waals surface area contributed by atoms with Gasteiger partial charge in [0.05, 0.1) is 6.54 Å². The van der Waals surface area contributed by atoms with Crippen LogP contribution in [0.1, 0.15) is 12.0 Å². The van der Waals surface area contributed by atoms with Crippen molar-refractivity contribution in [3.05, 3.63) is 28.8 Å². The zero-order valence-electron chi connectivity index (χ0n) is 10.6. The molecule has 0 unspecified atom stereocenters. The Labute approximate surface area is 116 Å². The lowest BCUT2D eigenvalue weighted by Gasteiger charge is -2.13. The number of anilines is 1. The first-order valence-electron chi connectivity index (χ1n) is 6.04. The van der Waals surface area contributed by atoms with Gasteiger partial charge in [0.15, 0.2) is 0 Å². The van der Waals surface area contributed by atoms with E-state index in [4.69, 9.17) is 16.3 Å². The van der Waals surface area contributed by atoms with Crippen LogP contribution < -0.4 is 5.32 Å². The monoisotopic (exact) mass is 282 g/mol. The molecule has 0 saturated carbocycles. The zero-order chi connectivity index (χ0) is 13.8. The predicted molar refractivity (Wildman–Crippen MR) is 72.4 cm³/mol. The number of halogens is 1. The molecule has 5 nitrogen and oxygen atoms in total. The number of aryl methyl sites for hydroxylation is 1. The first kappa shape index (κ1) is 13.7. The van der Waals surface area contributed by atoms with E-state index in [1.807, 2.05) is 13.0 Å². The summed E-state index contributed by atoms with van der Waals surface area (Å²) in [5.41, 5.74) is 1.64. The summed E-state index contributed by atoms with van der Waals surface area (Å²) in [7, 11) is 0. The molecule has 0 aromatic heterocycles. The third-order valence-electron chi connectivity index (χ3n) is 2.93. The summed E-state index contributed by atoms with van der Waals surface area (Å²) in [5.74, 6) is -0.148. The molecule has 1 aromatic carbocycles. The van der Waals surface area contributed by atoms with Gasteiger partial charge in [-0.3, -0.25) is 4.79 Å². The van der Waals surface area contributed by atoms with Crippen LogP contribution in [-0.2, 0) is 9.53 Å². The van der Waals surface area contributed by atoms with Gasteiger partial charge in [-0.2, -0.15) is 0 Å². The number of rotatable bonds is 4. The minimum Gasteiger partial charge on any atom is -0.448 e. The highest BCUT2D eigenvalue weighted by molar-refractivity contribution is 6.31. The average molecular weight is 283 g/mol.